The van der Waals surface area contributed by atoms with Crippen molar-refractivity contribution < 1.29 is 0 Å². The maximum Gasteiger partial charge on any atom is 0.182 e. The van der Waals surface area contributed by atoms with Gasteiger partial charge in [0, 0.05) is 24.4 Å². The molecular formula is C15H25N5. The van der Waals surface area contributed by atoms with Crippen LogP contribution in [0, 0.1) is 12.8 Å². The van der Waals surface area contributed by atoms with Gasteiger partial charge in [-0.05, 0) is 32.7 Å². The van der Waals surface area contributed by atoms with Gasteiger partial charge in [-0.15, -0.1) is 10.2 Å². The van der Waals surface area contributed by atoms with Gasteiger partial charge in [0.2, 0.25) is 0 Å². The van der Waals surface area contributed by atoms with Crippen molar-refractivity contribution in [2.45, 2.75) is 53.0 Å². The maximum atomic E-state index is 4.61. The van der Waals surface area contributed by atoms with Gasteiger partial charge in [0.1, 0.15) is 5.82 Å². The average molecular weight is 275 g/mol. The van der Waals surface area contributed by atoms with Crippen LogP contribution in [0.15, 0.2) is 12.4 Å². The molecule has 2 aromatic rings. The van der Waals surface area contributed by atoms with Crippen molar-refractivity contribution in [3.8, 4) is 0 Å². The van der Waals surface area contributed by atoms with E-state index in [0.29, 0.717) is 17.9 Å². The molecule has 2 heterocycles. The highest BCUT2D eigenvalue weighted by molar-refractivity contribution is 5.45. The summed E-state index contributed by atoms with van der Waals surface area (Å²) in [7, 11) is 0. The minimum absolute atomic E-state index is 0.328. The molecule has 2 rings (SSSR count). The highest BCUT2D eigenvalue weighted by Gasteiger charge is 2.26. The predicted octanol–water partition coefficient (Wildman–Crippen LogP) is 2.56. The number of aromatic nitrogens is 4. The highest BCUT2D eigenvalue weighted by Crippen LogP contribution is 2.28. The van der Waals surface area contributed by atoms with Crippen molar-refractivity contribution in [3.63, 3.8) is 0 Å². The molecule has 2 unspecified atom stereocenters. The van der Waals surface area contributed by atoms with E-state index in [-0.39, 0.29) is 0 Å². The molecule has 5 heteroatoms. The molecule has 0 saturated heterocycles. The topological polar surface area (TPSA) is 55.1 Å². The van der Waals surface area contributed by atoms with E-state index in [0.717, 1.165) is 30.1 Å². The molecule has 2 atom stereocenters. The summed E-state index contributed by atoms with van der Waals surface area (Å²) in [4.78, 5) is 4.61. The predicted molar refractivity (Wildman–Crippen MR) is 80.9 cm³/mol. The Morgan fingerprint density at radius 2 is 2.00 bits per heavy atom. The molecule has 0 saturated carbocycles. The third kappa shape index (κ3) is 2.82. The van der Waals surface area contributed by atoms with Gasteiger partial charge in [-0.1, -0.05) is 20.8 Å². The summed E-state index contributed by atoms with van der Waals surface area (Å²) < 4.78 is 2.02. The Morgan fingerprint density at radius 1 is 1.25 bits per heavy atom. The lowest BCUT2D eigenvalue weighted by molar-refractivity contribution is 0.372. The fourth-order valence-electron chi connectivity index (χ4n) is 2.82. The van der Waals surface area contributed by atoms with Crippen LogP contribution in [-0.2, 0) is 0 Å². The second-order valence-corrected chi connectivity index (χ2v) is 5.77. The fraction of sp³-hybridized carbons (Fsp3) is 0.667. The Morgan fingerprint density at radius 3 is 2.65 bits per heavy atom. The van der Waals surface area contributed by atoms with E-state index in [1.807, 2.05) is 23.7 Å². The number of nitrogens with zero attached hydrogens (tertiary/aromatic N) is 4. The summed E-state index contributed by atoms with van der Waals surface area (Å²) in [6.07, 6.45) is 4.91. The van der Waals surface area contributed by atoms with Crippen molar-refractivity contribution in [3.05, 3.63) is 23.9 Å². The lowest BCUT2D eigenvalue weighted by Gasteiger charge is -2.28. The van der Waals surface area contributed by atoms with Gasteiger partial charge in [-0.25, -0.2) is 0 Å². The Labute approximate surface area is 120 Å². The first-order valence-corrected chi connectivity index (χ1v) is 7.45. The summed E-state index contributed by atoms with van der Waals surface area (Å²) in [6.45, 7) is 11.9. The van der Waals surface area contributed by atoms with E-state index in [9.17, 15) is 0 Å². The van der Waals surface area contributed by atoms with Gasteiger partial charge in [0.05, 0.1) is 5.69 Å². The Bertz CT molecular complexity index is 560. The van der Waals surface area contributed by atoms with Crippen LogP contribution in [0.3, 0.4) is 0 Å². The molecule has 0 aromatic carbocycles. The molecule has 0 amide bonds. The zero-order chi connectivity index (χ0) is 14.7. The molecule has 0 bridgehead atoms. The molecular weight excluding hydrogens is 250 g/mol. The summed E-state index contributed by atoms with van der Waals surface area (Å²) in [5.74, 6) is 1.72. The Balaban J connectivity index is 2.41. The summed E-state index contributed by atoms with van der Waals surface area (Å²) in [6, 6.07) is 0.366. The summed E-state index contributed by atoms with van der Waals surface area (Å²) in [5.41, 5.74) is 1.92. The van der Waals surface area contributed by atoms with E-state index >= 15 is 0 Å². The van der Waals surface area contributed by atoms with Gasteiger partial charge in [-0.2, -0.15) is 0 Å². The Hall–Kier alpha value is -1.49. The third-order valence-corrected chi connectivity index (χ3v) is 3.81. The van der Waals surface area contributed by atoms with Crippen molar-refractivity contribution in [1.82, 2.24) is 24.9 Å². The molecule has 0 aliphatic rings. The summed E-state index contributed by atoms with van der Waals surface area (Å²) >= 11 is 0. The molecule has 0 fully saturated rings. The normalized spacial score (nSPS) is 14.9. The lowest BCUT2D eigenvalue weighted by atomic mass is 9.86. The molecule has 0 aliphatic heterocycles. The second-order valence-electron chi connectivity index (χ2n) is 5.77. The van der Waals surface area contributed by atoms with Crippen LogP contribution in [-0.4, -0.2) is 32.2 Å². The van der Waals surface area contributed by atoms with Crippen LogP contribution in [0.1, 0.15) is 51.6 Å². The zero-order valence-electron chi connectivity index (χ0n) is 13.1. The first-order chi connectivity index (χ1) is 9.56. The fourth-order valence-corrected chi connectivity index (χ4v) is 2.82. The first-order valence-electron chi connectivity index (χ1n) is 7.45. The molecule has 1 N–H and O–H groups in total. The zero-order valence-corrected chi connectivity index (χ0v) is 13.1. The number of hydrogen-bond donors (Lipinski definition) is 1. The quantitative estimate of drug-likeness (QED) is 0.880. The van der Waals surface area contributed by atoms with Gasteiger partial charge in [0.25, 0.3) is 0 Å². The maximum absolute atomic E-state index is 4.61. The summed E-state index contributed by atoms with van der Waals surface area (Å²) in [5, 5.41) is 12.1. The molecule has 110 valence electrons. The number of rotatable bonds is 6. The van der Waals surface area contributed by atoms with Crippen molar-refractivity contribution >= 4 is 5.65 Å². The van der Waals surface area contributed by atoms with Crippen LogP contribution in [0.25, 0.3) is 5.65 Å². The van der Waals surface area contributed by atoms with Gasteiger partial charge < -0.3 is 5.32 Å². The van der Waals surface area contributed by atoms with Crippen LogP contribution in [0.4, 0.5) is 0 Å². The molecule has 2 aromatic heterocycles. The van der Waals surface area contributed by atoms with Gasteiger partial charge >= 0.3 is 0 Å². The van der Waals surface area contributed by atoms with E-state index in [1.54, 1.807) is 0 Å². The molecule has 20 heavy (non-hydrogen) atoms. The van der Waals surface area contributed by atoms with Crippen molar-refractivity contribution in [2.75, 3.05) is 6.54 Å². The monoisotopic (exact) mass is 275 g/mol. The SMILES string of the molecule is CCCNC(C)C(c1nccn2c(C)nnc12)C(C)C. The molecule has 0 spiro atoms. The molecule has 0 radical (unpaired) electrons. The average Bonchev–Trinajstić information content (AvgIpc) is 2.79. The van der Waals surface area contributed by atoms with Gasteiger partial charge in [-0.3, -0.25) is 9.38 Å². The molecule has 5 nitrogen and oxygen atoms in total. The number of nitrogens with one attached hydrogen (secondary N) is 1. The van der Waals surface area contributed by atoms with Crippen molar-refractivity contribution in [2.24, 2.45) is 5.92 Å². The number of fused-ring (bicyclic) bond motifs is 1. The Kier molecular flexibility index (Phi) is 4.70. The van der Waals surface area contributed by atoms with E-state index in [1.165, 1.54) is 0 Å². The second kappa shape index (κ2) is 6.31. The van der Waals surface area contributed by atoms with Crippen LogP contribution in [0.5, 0.6) is 0 Å². The standard InChI is InChI=1S/C15H25N5/c1-6-7-16-11(4)13(10(2)3)14-15-19-18-12(5)20(15)9-8-17-14/h8-11,13,16H,6-7H2,1-5H3. The largest absolute Gasteiger partial charge is 0.314 e. The third-order valence-electron chi connectivity index (χ3n) is 3.81. The minimum Gasteiger partial charge on any atom is -0.314 e. The smallest absolute Gasteiger partial charge is 0.182 e. The molecule has 0 aliphatic carbocycles. The van der Waals surface area contributed by atoms with E-state index in [4.69, 9.17) is 0 Å². The van der Waals surface area contributed by atoms with Crippen LogP contribution < -0.4 is 5.32 Å². The van der Waals surface area contributed by atoms with E-state index < -0.39 is 0 Å². The minimum atomic E-state index is 0.328. The van der Waals surface area contributed by atoms with Gasteiger partial charge in [0.15, 0.2) is 5.65 Å². The van der Waals surface area contributed by atoms with Crippen LogP contribution in [0.2, 0.25) is 0 Å². The number of hydrogen-bond acceptors (Lipinski definition) is 4. The highest BCUT2D eigenvalue weighted by atomic mass is 15.2. The van der Waals surface area contributed by atoms with Crippen molar-refractivity contribution in [1.29, 1.82) is 0 Å². The lowest BCUT2D eigenvalue weighted by Crippen LogP contribution is -2.35. The number of aryl methyl sites for hydroxylation is 1. The van der Waals surface area contributed by atoms with Crippen LogP contribution >= 0.6 is 0 Å². The van der Waals surface area contributed by atoms with E-state index in [2.05, 4.69) is 48.2 Å². The first kappa shape index (κ1) is 14.9.